The van der Waals surface area contributed by atoms with Crippen molar-refractivity contribution in [1.82, 2.24) is 9.97 Å². The van der Waals surface area contributed by atoms with Crippen molar-refractivity contribution in [3.8, 4) is 11.4 Å². The van der Waals surface area contributed by atoms with E-state index >= 15 is 0 Å². The summed E-state index contributed by atoms with van der Waals surface area (Å²) in [5.74, 6) is 0.528. The Bertz CT molecular complexity index is 565. The van der Waals surface area contributed by atoms with Gasteiger partial charge in [0.15, 0.2) is 0 Å². The first-order chi connectivity index (χ1) is 7.70. The maximum Gasteiger partial charge on any atom is 0.251 e. The van der Waals surface area contributed by atoms with Gasteiger partial charge in [-0.15, -0.1) is 0 Å². The molecule has 0 fully saturated rings. The van der Waals surface area contributed by atoms with Crippen LogP contribution in [-0.4, -0.2) is 9.97 Å². The van der Waals surface area contributed by atoms with Gasteiger partial charge < -0.3 is 10.7 Å². The summed E-state index contributed by atoms with van der Waals surface area (Å²) in [6, 6.07) is 8.96. The van der Waals surface area contributed by atoms with E-state index in [9.17, 15) is 4.79 Å². The van der Waals surface area contributed by atoms with Crippen molar-refractivity contribution in [2.45, 2.75) is 6.54 Å². The number of nitrogens with zero attached hydrogens (tertiary/aromatic N) is 1. The monoisotopic (exact) mass is 279 g/mol. The van der Waals surface area contributed by atoms with E-state index in [0.717, 1.165) is 10.0 Å². The summed E-state index contributed by atoms with van der Waals surface area (Å²) in [6.07, 6.45) is 0. The standard InChI is InChI=1S/C11H10BrN3O/c12-9-4-2-1-3-8(9)11-14-7(6-13)5-10(16)15-11/h1-5H,6,13H2,(H,14,15,16). The van der Waals surface area contributed by atoms with E-state index in [2.05, 4.69) is 25.9 Å². The van der Waals surface area contributed by atoms with Crippen LogP contribution in [0.2, 0.25) is 0 Å². The van der Waals surface area contributed by atoms with Crippen molar-refractivity contribution >= 4 is 15.9 Å². The second-order valence-corrected chi connectivity index (χ2v) is 4.12. The highest BCUT2D eigenvalue weighted by Crippen LogP contribution is 2.24. The Hall–Kier alpha value is -1.46. The molecule has 16 heavy (non-hydrogen) atoms. The highest BCUT2D eigenvalue weighted by Gasteiger charge is 2.06. The average molecular weight is 280 g/mol. The predicted molar refractivity (Wildman–Crippen MR) is 65.9 cm³/mol. The van der Waals surface area contributed by atoms with Crippen molar-refractivity contribution in [1.29, 1.82) is 0 Å². The van der Waals surface area contributed by atoms with Gasteiger partial charge in [0, 0.05) is 22.6 Å². The molecule has 2 aromatic rings. The van der Waals surface area contributed by atoms with E-state index in [4.69, 9.17) is 5.73 Å². The topological polar surface area (TPSA) is 71.8 Å². The van der Waals surface area contributed by atoms with Gasteiger partial charge in [-0.25, -0.2) is 4.98 Å². The fourth-order valence-electron chi connectivity index (χ4n) is 1.39. The van der Waals surface area contributed by atoms with Gasteiger partial charge in [0.05, 0.1) is 5.69 Å². The molecule has 0 saturated carbocycles. The molecule has 0 spiro atoms. The summed E-state index contributed by atoms with van der Waals surface area (Å²) in [5, 5.41) is 0. The van der Waals surface area contributed by atoms with E-state index < -0.39 is 0 Å². The molecule has 0 radical (unpaired) electrons. The molecule has 0 amide bonds. The maximum absolute atomic E-state index is 11.4. The van der Waals surface area contributed by atoms with Gasteiger partial charge in [0.1, 0.15) is 5.82 Å². The molecule has 0 bridgehead atoms. The minimum Gasteiger partial charge on any atom is -0.325 e. The minimum absolute atomic E-state index is 0.193. The number of nitrogens with two attached hydrogens (primary N) is 1. The number of rotatable bonds is 2. The number of hydrogen-bond acceptors (Lipinski definition) is 3. The summed E-state index contributed by atoms with van der Waals surface area (Å²) in [7, 11) is 0. The van der Waals surface area contributed by atoms with Crippen LogP contribution in [0.1, 0.15) is 5.69 Å². The van der Waals surface area contributed by atoms with Gasteiger partial charge in [-0.05, 0) is 6.07 Å². The zero-order valence-electron chi connectivity index (χ0n) is 8.40. The molecule has 0 aliphatic carbocycles. The molecular weight excluding hydrogens is 270 g/mol. The van der Waals surface area contributed by atoms with Crippen LogP contribution in [-0.2, 0) is 6.54 Å². The minimum atomic E-state index is -0.193. The Morgan fingerprint density at radius 3 is 2.81 bits per heavy atom. The van der Waals surface area contributed by atoms with Gasteiger partial charge in [-0.2, -0.15) is 0 Å². The van der Waals surface area contributed by atoms with Gasteiger partial charge in [-0.1, -0.05) is 34.1 Å². The smallest absolute Gasteiger partial charge is 0.251 e. The first-order valence-electron chi connectivity index (χ1n) is 4.76. The Morgan fingerprint density at radius 2 is 2.12 bits per heavy atom. The lowest BCUT2D eigenvalue weighted by atomic mass is 10.2. The molecule has 1 heterocycles. The molecular formula is C11H10BrN3O. The number of nitrogens with one attached hydrogen (secondary N) is 1. The van der Waals surface area contributed by atoms with E-state index in [1.165, 1.54) is 6.07 Å². The number of aromatic amines is 1. The lowest BCUT2D eigenvalue weighted by Crippen LogP contribution is -2.12. The van der Waals surface area contributed by atoms with E-state index in [0.29, 0.717) is 11.5 Å². The molecule has 1 aromatic carbocycles. The Kier molecular flexibility index (Phi) is 3.17. The third-order valence-corrected chi connectivity index (χ3v) is 2.82. The van der Waals surface area contributed by atoms with Crippen LogP contribution < -0.4 is 11.3 Å². The normalized spacial score (nSPS) is 10.4. The molecule has 0 aliphatic heterocycles. The van der Waals surface area contributed by atoms with Crippen LogP contribution in [0.25, 0.3) is 11.4 Å². The Morgan fingerprint density at radius 1 is 1.38 bits per heavy atom. The summed E-state index contributed by atoms with van der Waals surface area (Å²) in [4.78, 5) is 18.3. The fraction of sp³-hybridized carbons (Fsp3) is 0.0909. The quantitative estimate of drug-likeness (QED) is 0.878. The number of hydrogen-bond donors (Lipinski definition) is 2. The maximum atomic E-state index is 11.4. The second-order valence-electron chi connectivity index (χ2n) is 3.27. The van der Waals surface area contributed by atoms with Crippen LogP contribution >= 0.6 is 15.9 Å². The number of benzene rings is 1. The summed E-state index contributed by atoms with van der Waals surface area (Å²) >= 11 is 3.41. The lowest BCUT2D eigenvalue weighted by molar-refractivity contribution is 0.955. The van der Waals surface area contributed by atoms with Gasteiger partial charge in [0.2, 0.25) is 0 Å². The summed E-state index contributed by atoms with van der Waals surface area (Å²) in [6.45, 7) is 0.251. The molecule has 1 aromatic heterocycles. The largest absolute Gasteiger partial charge is 0.325 e. The molecule has 2 rings (SSSR count). The fourth-order valence-corrected chi connectivity index (χ4v) is 1.87. The molecule has 3 N–H and O–H groups in total. The zero-order chi connectivity index (χ0) is 11.5. The highest BCUT2D eigenvalue weighted by atomic mass is 79.9. The van der Waals surface area contributed by atoms with Crippen molar-refractivity contribution < 1.29 is 0 Å². The number of aromatic nitrogens is 2. The average Bonchev–Trinajstić information content (AvgIpc) is 2.28. The molecule has 0 saturated heterocycles. The summed E-state index contributed by atoms with van der Waals surface area (Å²) < 4.78 is 0.882. The third kappa shape index (κ3) is 2.20. The molecule has 0 unspecified atom stereocenters. The first-order valence-corrected chi connectivity index (χ1v) is 5.55. The van der Waals surface area contributed by atoms with E-state index in [1.54, 1.807) is 0 Å². The van der Waals surface area contributed by atoms with E-state index in [-0.39, 0.29) is 12.1 Å². The molecule has 4 nitrogen and oxygen atoms in total. The van der Waals surface area contributed by atoms with Crippen LogP contribution in [0.5, 0.6) is 0 Å². The molecule has 82 valence electrons. The third-order valence-electron chi connectivity index (χ3n) is 2.13. The van der Waals surface area contributed by atoms with Crippen LogP contribution in [0.4, 0.5) is 0 Å². The first kappa shape index (κ1) is 11.0. The second kappa shape index (κ2) is 4.59. The zero-order valence-corrected chi connectivity index (χ0v) is 9.99. The van der Waals surface area contributed by atoms with Crippen LogP contribution in [0.3, 0.4) is 0 Å². The SMILES string of the molecule is NCc1cc(=O)[nH]c(-c2ccccc2Br)n1. The van der Waals surface area contributed by atoms with Crippen molar-refractivity contribution in [3.05, 3.63) is 50.9 Å². The Balaban J connectivity index is 2.60. The van der Waals surface area contributed by atoms with Gasteiger partial charge >= 0.3 is 0 Å². The number of H-pyrrole nitrogens is 1. The lowest BCUT2D eigenvalue weighted by Gasteiger charge is -2.04. The van der Waals surface area contributed by atoms with Gasteiger partial charge in [-0.3, -0.25) is 4.79 Å². The van der Waals surface area contributed by atoms with Crippen molar-refractivity contribution in [3.63, 3.8) is 0 Å². The van der Waals surface area contributed by atoms with Crippen molar-refractivity contribution in [2.75, 3.05) is 0 Å². The van der Waals surface area contributed by atoms with E-state index in [1.807, 2.05) is 24.3 Å². The van der Waals surface area contributed by atoms with Crippen molar-refractivity contribution in [2.24, 2.45) is 5.73 Å². The van der Waals surface area contributed by atoms with Crippen LogP contribution in [0, 0.1) is 0 Å². The Labute approximate surface area is 101 Å². The van der Waals surface area contributed by atoms with Gasteiger partial charge in [0.25, 0.3) is 5.56 Å². The highest BCUT2D eigenvalue weighted by molar-refractivity contribution is 9.10. The molecule has 0 aliphatic rings. The number of halogens is 1. The van der Waals surface area contributed by atoms with Crippen LogP contribution in [0.15, 0.2) is 39.6 Å². The molecule has 0 atom stereocenters. The molecule has 5 heteroatoms. The predicted octanol–water partition coefficient (Wildman–Crippen LogP) is 1.66. The summed E-state index contributed by atoms with van der Waals surface area (Å²) in [5.41, 5.74) is 6.70.